The Labute approximate surface area is 135 Å². The molecule has 10 aliphatic rings. The molecular formula is C21H19FeN3. The van der Waals surface area contributed by atoms with Gasteiger partial charge in [0, 0.05) is 0 Å². The minimum atomic E-state index is -3.07. The van der Waals surface area contributed by atoms with Crippen molar-refractivity contribution in [3.8, 4) is 0 Å². The summed E-state index contributed by atoms with van der Waals surface area (Å²) >= 11 is 0. The first-order valence-corrected chi connectivity index (χ1v) is 16.2. The summed E-state index contributed by atoms with van der Waals surface area (Å²) in [5.41, 5.74) is 4.00. The van der Waals surface area contributed by atoms with Crippen molar-refractivity contribution in [2.45, 2.75) is 54.2 Å². The van der Waals surface area contributed by atoms with Crippen molar-refractivity contribution >= 4 is 6.08 Å². The third-order valence-electron chi connectivity index (χ3n) is 17.2. The molecule has 0 amide bonds. The molecule has 2 aromatic rings. The number of hydrogen-bond donors (Lipinski definition) is 0. The molecule has 10 saturated heterocycles. The maximum absolute atomic E-state index is 4.87. The number of fused-ring (bicyclic) bond motifs is 10. The van der Waals surface area contributed by atoms with Crippen molar-refractivity contribution < 1.29 is 6.51 Å². The fraction of sp³-hybridized carbons (Fsp3) is 0.524. The van der Waals surface area contributed by atoms with Crippen LogP contribution in [0.3, 0.4) is 0 Å². The van der Waals surface area contributed by atoms with E-state index in [0.29, 0.717) is 0 Å². The molecule has 0 bridgehead atoms. The summed E-state index contributed by atoms with van der Waals surface area (Å²) in [5, 5.41) is 9.48. The van der Waals surface area contributed by atoms with Gasteiger partial charge in [-0.15, -0.1) is 0 Å². The van der Waals surface area contributed by atoms with Gasteiger partial charge in [-0.3, -0.25) is 0 Å². The van der Waals surface area contributed by atoms with Crippen molar-refractivity contribution in [3.63, 3.8) is 0 Å². The zero-order valence-electron chi connectivity index (χ0n) is 13.8. The fourth-order valence-corrected chi connectivity index (χ4v) is 92.4. The van der Waals surface area contributed by atoms with E-state index in [0.717, 1.165) is 10.9 Å². The van der Waals surface area contributed by atoms with Gasteiger partial charge >= 0.3 is 136 Å². The van der Waals surface area contributed by atoms with E-state index in [1.54, 1.807) is 0 Å². The molecule has 4 atom stereocenters. The summed E-state index contributed by atoms with van der Waals surface area (Å²) < 4.78 is 2.87. The normalized spacial score (nSPS) is 84.6. The van der Waals surface area contributed by atoms with Crippen LogP contribution in [0, 0.1) is 0 Å². The molecular weight excluding hydrogens is 350 g/mol. The van der Waals surface area contributed by atoms with Crippen molar-refractivity contribution in [1.82, 2.24) is 15.0 Å². The van der Waals surface area contributed by atoms with Gasteiger partial charge < -0.3 is 0 Å². The average molecular weight is 369 g/mol. The number of nitrogens with zero attached hydrogens (tertiary/aromatic N) is 3. The Morgan fingerprint density at radius 1 is 1.00 bits per heavy atom. The Balaban J connectivity index is 1.07. The van der Waals surface area contributed by atoms with Crippen LogP contribution >= 0.6 is 0 Å². The zero-order chi connectivity index (χ0) is 15.7. The topological polar surface area (TPSA) is 30.7 Å². The minimum absolute atomic E-state index is 0.740. The van der Waals surface area contributed by atoms with Crippen LogP contribution in [0.25, 0.3) is 6.08 Å². The molecule has 4 unspecified atom stereocenters. The van der Waals surface area contributed by atoms with Crippen LogP contribution in [0.15, 0.2) is 37.0 Å². The van der Waals surface area contributed by atoms with Gasteiger partial charge in [0.15, 0.2) is 0 Å². The number of benzene rings is 1. The summed E-state index contributed by atoms with van der Waals surface area (Å²) in [6.45, 7) is 1.63. The van der Waals surface area contributed by atoms with E-state index in [2.05, 4.69) is 46.9 Å². The number of aromatic nitrogens is 3. The van der Waals surface area contributed by atoms with Crippen LogP contribution < -0.4 is 0 Å². The summed E-state index contributed by atoms with van der Waals surface area (Å²) in [5.74, 6) is 0. The molecule has 11 heterocycles. The SMILES string of the molecule is C=Cc1ccc(Cn2cc([C]34[CH]5[CH]6[CH]7[CH]3[Fe]6754389%10[CH]4[CH]3[CH]8[CH]9[CH]4%10)nn2)cc1. The van der Waals surface area contributed by atoms with Crippen molar-refractivity contribution in [1.29, 1.82) is 0 Å². The number of rotatable bonds is 4. The molecule has 12 rings (SSSR count). The summed E-state index contributed by atoms with van der Waals surface area (Å²) in [4.78, 5) is 12.1. The first kappa shape index (κ1) is 10.1. The van der Waals surface area contributed by atoms with Crippen LogP contribution in [0.2, 0.25) is 43.3 Å². The Hall–Kier alpha value is -1.38. The summed E-state index contributed by atoms with van der Waals surface area (Å²) in [6.07, 6.45) is 4.29. The monoisotopic (exact) mass is 369 g/mol. The average Bonchev–Trinajstić information content (AvgIpc) is 3.53. The third kappa shape index (κ3) is 0.163. The first-order valence-electron chi connectivity index (χ1n) is 9.87. The molecule has 10 aliphatic heterocycles. The van der Waals surface area contributed by atoms with E-state index in [-0.39, 0.29) is 0 Å². The predicted molar refractivity (Wildman–Crippen MR) is 91.1 cm³/mol. The van der Waals surface area contributed by atoms with Gasteiger partial charge in [0.25, 0.3) is 0 Å². The molecule has 10 fully saturated rings. The quantitative estimate of drug-likeness (QED) is 0.728. The Morgan fingerprint density at radius 3 is 2.12 bits per heavy atom. The van der Waals surface area contributed by atoms with E-state index in [9.17, 15) is 0 Å². The van der Waals surface area contributed by atoms with E-state index in [1.807, 2.05) is 6.08 Å². The van der Waals surface area contributed by atoms with Gasteiger partial charge in [-0.2, -0.15) is 0 Å². The second-order valence-corrected chi connectivity index (χ2v) is 36.5. The second kappa shape index (κ2) is 1.11. The molecule has 126 valence electrons. The summed E-state index contributed by atoms with van der Waals surface area (Å²) in [7, 11) is 0. The molecule has 0 saturated carbocycles. The van der Waals surface area contributed by atoms with Crippen LogP contribution in [0.4, 0.5) is 0 Å². The van der Waals surface area contributed by atoms with Crippen LogP contribution in [-0.2, 0) is 17.4 Å². The zero-order valence-corrected chi connectivity index (χ0v) is 14.9. The Kier molecular flexibility index (Phi) is 0.447. The van der Waals surface area contributed by atoms with E-state index in [1.165, 1.54) is 60.2 Å². The third-order valence-corrected chi connectivity index (χ3v) is 59.5. The molecule has 1 aromatic heterocycles. The molecule has 25 heavy (non-hydrogen) atoms. The Bertz CT molecular complexity index is 1440. The second-order valence-electron chi connectivity index (χ2n) is 12.9. The molecule has 3 nitrogen and oxygen atoms in total. The van der Waals surface area contributed by atoms with Crippen molar-refractivity contribution in [2.24, 2.45) is 0 Å². The number of hydrogen-bond acceptors (Lipinski definition) is 2. The predicted octanol–water partition coefficient (Wildman–Crippen LogP) is 4.77. The summed E-state index contributed by atoms with van der Waals surface area (Å²) in [6, 6.07) is 8.68. The van der Waals surface area contributed by atoms with Gasteiger partial charge in [-0.05, 0) is 0 Å². The van der Waals surface area contributed by atoms with Gasteiger partial charge in [0.05, 0.1) is 0 Å². The fourth-order valence-electron chi connectivity index (χ4n) is 18.4. The molecule has 0 radical (unpaired) electrons. The molecule has 4 heteroatoms. The van der Waals surface area contributed by atoms with Crippen LogP contribution in [0.1, 0.15) is 16.8 Å². The molecule has 1 spiro atoms. The standard InChI is InChI=1S/C16H14N3.C5H5.Fe/c1-2-13-7-9-14(10-8-13)11-19-12-16(17-18-19)15-5-3-4-6-15;1-2-4-5-3-1;/h2-10,12H,1,11H2;1-5H;. The molecule has 0 aliphatic carbocycles. The van der Waals surface area contributed by atoms with Gasteiger partial charge in [0.2, 0.25) is 0 Å². The van der Waals surface area contributed by atoms with Crippen LogP contribution in [0.5, 0.6) is 0 Å². The van der Waals surface area contributed by atoms with Crippen molar-refractivity contribution in [2.75, 3.05) is 0 Å². The van der Waals surface area contributed by atoms with Gasteiger partial charge in [-0.25, -0.2) is 0 Å². The Morgan fingerprint density at radius 2 is 1.64 bits per heavy atom. The van der Waals surface area contributed by atoms with E-state index in [4.69, 9.17) is 5.10 Å². The molecule has 1 aromatic carbocycles. The van der Waals surface area contributed by atoms with E-state index >= 15 is 0 Å². The van der Waals surface area contributed by atoms with Crippen molar-refractivity contribution in [3.05, 3.63) is 53.9 Å². The van der Waals surface area contributed by atoms with Crippen LogP contribution in [-0.4, -0.2) is 15.0 Å². The first-order chi connectivity index (χ1) is 12.0. The molecule has 0 N–H and O–H groups in total. The van der Waals surface area contributed by atoms with Gasteiger partial charge in [-0.1, -0.05) is 0 Å². The maximum atomic E-state index is 4.87. The van der Waals surface area contributed by atoms with Gasteiger partial charge in [0.1, 0.15) is 0 Å². The van der Waals surface area contributed by atoms with E-state index < -0.39 is 6.51 Å².